The highest BCUT2D eigenvalue weighted by atomic mass is 16.6. The fraction of sp³-hybridized carbons (Fsp3) is 0.500. The maximum atomic E-state index is 12.6. The summed E-state index contributed by atoms with van der Waals surface area (Å²) in [6.45, 7) is 5.49. The van der Waals surface area contributed by atoms with Gasteiger partial charge in [-0.15, -0.1) is 0 Å². The summed E-state index contributed by atoms with van der Waals surface area (Å²) in [5.74, 6) is -0.812. The smallest absolute Gasteiger partial charge is 0.340 e. The molecule has 0 fully saturated rings. The molecule has 1 amide bonds. The Hall–Kier alpha value is -2.65. The van der Waals surface area contributed by atoms with Gasteiger partial charge >= 0.3 is 5.97 Å². The average molecular weight is 377 g/mol. The topological polar surface area (TPSA) is 101 Å². The van der Waals surface area contributed by atoms with Crippen LogP contribution >= 0.6 is 0 Å². The quantitative estimate of drug-likeness (QED) is 0.507. The van der Waals surface area contributed by atoms with Gasteiger partial charge in [0.1, 0.15) is 12.3 Å². The highest BCUT2D eigenvalue weighted by molar-refractivity contribution is 6.06. The number of likely N-dealkylation sites (N-methyl/N-ethyl adjacent to an activating group) is 1. The van der Waals surface area contributed by atoms with E-state index in [-0.39, 0.29) is 12.5 Å². The van der Waals surface area contributed by atoms with Crippen LogP contribution in [0.2, 0.25) is 0 Å². The maximum absolute atomic E-state index is 12.6. The first-order chi connectivity index (χ1) is 12.8. The molecule has 2 rings (SSSR count). The van der Waals surface area contributed by atoms with Gasteiger partial charge in [0.2, 0.25) is 0 Å². The Kier molecular flexibility index (Phi) is 7.14. The van der Waals surface area contributed by atoms with Crippen molar-refractivity contribution in [1.29, 1.82) is 0 Å². The Balaban J connectivity index is 2.06. The van der Waals surface area contributed by atoms with Crippen LogP contribution in [-0.4, -0.2) is 72.5 Å². The highest BCUT2D eigenvalue weighted by Crippen LogP contribution is 2.20. The summed E-state index contributed by atoms with van der Waals surface area (Å²) >= 11 is 0. The van der Waals surface area contributed by atoms with Gasteiger partial charge in [-0.3, -0.25) is 9.48 Å². The van der Waals surface area contributed by atoms with Crippen LogP contribution in [0.5, 0.6) is 0 Å². The van der Waals surface area contributed by atoms with Gasteiger partial charge in [-0.2, -0.15) is 5.10 Å². The number of methoxy groups -OCH3 is 1. The first-order valence-electron chi connectivity index (χ1n) is 8.67. The normalized spacial score (nSPS) is 11.0. The summed E-state index contributed by atoms with van der Waals surface area (Å²) < 4.78 is 11.8. The summed E-state index contributed by atoms with van der Waals surface area (Å²) in [6, 6.07) is 0. The molecule has 9 nitrogen and oxygen atoms in total. The molecule has 0 aliphatic carbocycles. The van der Waals surface area contributed by atoms with Crippen molar-refractivity contribution in [3.05, 3.63) is 34.9 Å². The van der Waals surface area contributed by atoms with Gasteiger partial charge in [0.25, 0.3) is 5.91 Å². The number of carbonyl (C=O) groups is 2. The van der Waals surface area contributed by atoms with E-state index in [1.54, 1.807) is 30.9 Å². The second-order valence-electron chi connectivity index (χ2n) is 6.50. The molecule has 148 valence electrons. The van der Waals surface area contributed by atoms with Crippen molar-refractivity contribution < 1.29 is 19.1 Å². The van der Waals surface area contributed by atoms with Crippen LogP contribution < -0.4 is 5.32 Å². The molecule has 0 saturated carbocycles. The third kappa shape index (κ3) is 5.41. The van der Waals surface area contributed by atoms with Crippen molar-refractivity contribution in [2.45, 2.75) is 20.4 Å². The van der Waals surface area contributed by atoms with Gasteiger partial charge in [-0.05, 0) is 33.5 Å². The number of hydrogen-bond acceptors (Lipinski definition) is 6. The lowest BCUT2D eigenvalue weighted by Gasteiger charge is -2.08. The maximum Gasteiger partial charge on any atom is 0.340 e. The molecule has 0 saturated heterocycles. The summed E-state index contributed by atoms with van der Waals surface area (Å²) in [5.41, 5.74) is 2.42. The molecule has 0 bridgehead atoms. The average Bonchev–Trinajstić information content (AvgIpc) is 3.17. The van der Waals surface area contributed by atoms with E-state index in [0.717, 1.165) is 13.1 Å². The standard InChI is InChI=1S/C18H27N5O4/c1-12-15(18(25)27-9-8-26-5)13(2)20-16(12)17(24)21-14-10-19-23(11-14)7-6-22(3)4/h10-11,20H,6-9H2,1-5H3,(H,21,24). The van der Waals surface area contributed by atoms with Gasteiger partial charge in [-0.25, -0.2) is 4.79 Å². The lowest BCUT2D eigenvalue weighted by molar-refractivity contribution is 0.0387. The molecule has 0 atom stereocenters. The third-order valence-electron chi connectivity index (χ3n) is 4.06. The molecule has 0 spiro atoms. The number of aromatic nitrogens is 3. The van der Waals surface area contributed by atoms with Crippen molar-refractivity contribution >= 4 is 17.6 Å². The number of anilines is 1. The van der Waals surface area contributed by atoms with Crippen LogP contribution in [0, 0.1) is 13.8 Å². The van der Waals surface area contributed by atoms with E-state index in [1.165, 1.54) is 7.11 Å². The first-order valence-corrected chi connectivity index (χ1v) is 8.67. The van der Waals surface area contributed by atoms with Gasteiger partial charge < -0.3 is 24.7 Å². The number of ether oxygens (including phenoxy) is 2. The largest absolute Gasteiger partial charge is 0.460 e. The van der Waals surface area contributed by atoms with Crippen LogP contribution in [0.15, 0.2) is 12.4 Å². The summed E-state index contributed by atoms with van der Waals surface area (Å²) in [7, 11) is 5.51. The summed E-state index contributed by atoms with van der Waals surface area (Å²) in [5, 5.41) is 7.03. The first kappa shape index (κ1) is 20.7. The van der Waals surface area contributed by atoms with Crippen LogP contribution in [0.4, 0.5) is 5.69 Å². The molecule has 2 aromatic heterocycles. The fourth-order valence-electron chi connectivity index (χ4n) is 2.62. The number of H-pyrrole nitrogens is 1. The molecular weight excluding hydrogens is 350 g/mol. The summed E-state index contributed by atoms with van der Waals surface area (Å²) in [6.07, 6.45) is 3.37. The second kappa shape index (κ2) is 9.33. The Labute approximate surface area is 158 Å². The molecule has 0 aliphatic rings. The third-order valence-corrected chi connectivity index (χ3v) is 4.06. The van der Waals surface area contributed by atoms with Gasteiger partial charge in [0, 0.05) is 25.5 Å². The zero-order chi connectivity index (χ0) is 20.0. The Morgan fingerprint density at radius 1 is 1.30 bits per heavy atom. The van der Waals surface area contributed by atoms with Crippen molar-refractivity contribution in [3.63, 3.8) is 0 Å². The number of esters is 1. The minimum Gasteiger partial charge on any atom is -0.460 e. The number of aromatic amines is 1. The van der Waals surface area contributed by atoms with Gasteiger partial charge in [0.05, 0.1) is 30.6 Å². The molecule has 2 aromatic rings. The predicted octanol–water partition coefficient (Wildman–Crippen LogP) is 1.45. The zero-order valence-corrected chi connectivity index (χ0v) is 16.5. The highest BCUT2D eigenvalue weighted by Gasteiger charge is 2.23. The van der Waals surface area contributed by atoms with Gasteiger partial charge in [-0.1, -0.05) is 0 Å². The van der Waals surface area contributed by atoms with Crippen molar-refractivity contribution in [2.75, 3.05) is 46.3 Å². The molecule has 9 heteroatoms. The Bertz CT molecular complexity index is 794. The van der Waals surface area contributed by atoms with E-state index in [0.29, 0.717) is 34.8 Å². The van der Waals surface area contributed by atoms with Crippen LogP contribution in [-0.2, 0) is 16.0 Å². The fourth-order valence-corrected chi connectivity index (χ4v) is 2.62. The zero-order valence-electron chi connectivity index (χ0n) is 16.5. The molecular formula is C18H27N5O4. The molecule has 2 heterocycles. The molecule has 2 N–H and O–H groups in total. The molecule has 0 aromatic carbocycles. The van der Waals surface area contributed by atoms with E-state index in [2.05, 4.69) is 20.3 Å². The van der Waals surface area contributed by atoms with Crippen molar-refractivity contribution in [2.24, 2.45) is 0 Å². The lowest BCUT2D eigenvalue weighted by Crippen LogP contribution is -2.18. The predicted molar refractivity (Wildman–Crippen MR) is 101 cm³/mol. The monoisotopic (exact) mass is 377 g/mol. The second-order valence-corrected chi connectivity index (χ2v) is 6.50. The minimum atomic E-state index is -0.478. The number of nitrogens with one attached hydrogen (secondary N) is 2. The number of amides is 1. The number of aryl methyl sites for hydroxylation is 1. The number of carbonyl (C=O) groups excluding carboxylic acids is 2. The van der Waals surface area contributed by atoms with E-state index in [1.807, 2.05) is 14.1 Å². The lowest BCUT2D eigenvalue weighted by atomic mass is 10.1. The molecule has 27 heavy (non-hydrogen) atoms. The van der Waals surface area contributed by atoms with E-state index in [4.69, 9.17) is 9.47 Å². The van der Waals surface area contributed by atoms with E-state index in [9.17, 15) is 9.59 Å². The molecule has 0 unspecified atom stereocenters. The van der Waals surface area contributed by atoms with Crippen LogP contribution in [0.1, 0.15) is 32.1 Å². The molecule has 0 radical (unpaired) electrons. The van der Waals surface area contributed by atoms with E-state index >= 15 is 0 Å². The molecule has 0 aliphatic heterocycles. The Morgan fingerprint density at radius 3 is 2.70 bits per heavy atom. The van der Waals surface area contributed by atoms with Crippen LogP contribution in [0.25, 0.3) is 0 Å². The van der Waals surface area contributed by atoms with Crippen molar-refractivity contribution in [1.82, 2.24) is 19.7 Å². The van der Waals surface area contributed by atoms with E-state index < -0.39 is 5.97 Å². The van der Waals surface area contributed by atoms with Crippen LogP contribution in [0.3, 0.4) is 0 Å². The Morgan fingerprint density at radius 2 is 2.04 bits per heavy atom. The number of rotatable bonds is 9. The van der Waals surface area contributed by atoms with Gasteiger partial charge in [0.15, 0.2) is 0 Å². The SMILES string of the molecule is COCCOC(=O)c1c(C)[nH]c(C(=O)Nc2cnn(CCN(C)C)c2)c1C. The number of hydrogen-bond donors (Lipinski definition) is 2. The minimum absolute atomic E-state index is 0.160. The number of nitrogens with zero attached hydrogens (tertiary/aromatic N) is 3. The summed E-state index contributed by atoms with van der Waals surface area (Å²) in [4.78, 5) is 29.9. The van der Waals surface area contributed by atoms with Crippen molar-refractivity contribution in [3.8, 4) is 0 Å².